The topological polar surface area (TPSA) is 26.0 Å². The van der Waals surface area contributed by atoms with Gasteiger partial charge in [0.2, 0.25) is 0 Å². The maximum atomic E-state index is 5.87. The third-order valence-corrected chi connectivity index (χ3v) is 4.61. The molecule has 2 N–H and O–H groups in total. The Hall–Kier alpha value is -1.28. The molecular formula is C15H17NS. The molecular weight excluding hydrogens is 226 g/mol. The van der Waals surface area contributed by atoms with E-state index in [0.717, 1.165) is 10.9 Å². The normalized spacial score (nSPS) is 18.9. The van der Waals surface area contributed by atoms with Crippen molar-refractivity contribution in [3.63, 3.8) is 0 Å². The van der Waals surface area contributed by atoms with Crippen LogP contribution in [-0.2, 0) is 19.3 Å². The van der Waals surface area contributed by atoms with Gasteiger partial charge in [-0.1, -0.05) is 30.3 Å². The molecule has 1 aliphatic rings. The molecule has 1 unspecified atom stereocenters. The zero-order chi connectivity index (χ0) is 11.7. The zero-order valence-corrected chi connectivity index (χ0v) is 10.7. The van der Waals surface area contributed by atoms with Crippen LogP contribution in [0.15, 0.2) is 36.4 Å². The first-order chi connectivity index (χ1) is 8.31. The highest BCUT2D eigenvalue weighted by Gasteiger charge is 2.20. The molecule has 0 saturated heterocycles. The van der Waals surface area contributed by atoms with Crippen molar-refractivity contribution in [2.24, 2.45) is 5.92 Å². The quantitative estimate of drug-likeness (QED) is 0.855. The number of nitrogens with two attached hydrogens (primary N) is 1. The van der Waals surface area contributed by atoms with Gasteiger partial charge in [-0.15, -0.1) is 11.3 Å². The van der Waals surface area contributed by atoms with Crippen LogP contribution < -0.4 is 5.73 Å². The largest absolute Gasteiger partial charge is 0.391 e. The fraction of sp³-hybridized carbons (Fsp3) is 0.333. The first-order valence-corrected chi connectivity index (χ1v) is 7.04. The molecule has 1 aromatic carbocycles. The van der Waals surface area contributed by atoms with Crippen LogP contribution in [0.4, 0.5) is 5.00 Å². The van der Waals surface area contributed by atoms with E-state index in [1.54, 1.807) is 11.3 Å². The Kier molecular flexibility index (Phi) is 2.89. The second-order valence-corrected chi connectivity index (χ2v) is 6.06. The molecule has 3 rings (SSSR count). The number of nitrogen functional groups attached to an aromatic ring is 1. The Labute approximate surface area is 106 Å². The van der Waals surface area contributed by atoms with E-state index >= 15 is 0 Å². The molecule has 1 aliphatic carbocycles. The fourth-order valence-electron chi connectivity index (χ4n) is 2.72. The first kappa shape index (κ1) is 10.8. The van der Waals surface area contributed by atoms with Crippen LogP contribution in [0.25, 0.3) is 0 Å². The minimum atomic E-state index is 0.794. The maximum absolute atomic E-state index is 5.87. The van der Waals surface area contributed by atoms with Crippen molar-refractivity contribution in [2.45, 2.75) is 25.7 Å². The lowest BCUT2D eigenvalue weighted by Crippen LogP contribution is -2.14. The highest BCUT2D eigenvalue weighted by atomic mass is 32.1. The summed E-state index contributed by atoms with van der Waals surface area (Å²) < 4.78 is 0. The van der Waals surface area contributed by atoms with Gasteiger partial charge in [0, 0.05) is 4.88 Å². The van der Waals surface area contributed by atoms with Crippen LogP contribution in [0.5, 0.6) is 0 Å². The van der Waals surface area contributed by atoms with Crippen LogP contribution in [0, 0.1) is 5.92 Å². The monoisotopic (exact) mass is 243 g/mol. The van der Waals surface area contributed by atoms with Crippen molar-refractivity contribution in [1.29, 1.82) is 0 Å². The van der Waals surface area contributed by atoms with E-state index in [2.05, 4.69) is 36.4 Å². The molecule has 1 aromatic heterocycles. The molecule has 17 heavy (non-hydrogen) atoms. The molecule has 1 nitrogen and oxygen atoms in total. The lowest BCUT2D eigenvalue weighted by atomic mass is 9.85. The second kappa shape index (κ2) is 4.53. The average Bonchev–Trinajstić information content (AvgIpc) is 2.70. The van der Waals surface area contributed by atoms with Gasteiger partial charge < -0.3 is 5.73 Å². The summed E-state index contributed by atoms with van der Waals surface area (Å²) in [5.41, 5.74) is 8.84. The van der Waals surface area contributed by atoms with Crippen LogP contribution in [-0.4, -0.2) is 0 Å². The molecule has 0 spiro atoms. The van der Waals surface area contributed by atoms with Gasteiger partial charge in [0.05, 0.1) is 5.00 Å². The van der Waals surface area contributed by atoms with Gasteiger partial charge in [-0.3, -0.25) is 0 Å². The van der Waals surface area contributed by atoms with Crippen molar-refractivity contribution < 1.29 is 0 Å². The van der Waals surface area contributed by atoms with Crippen LogP contribution in [0.1, 0.15) is 22.4 Å². The lowest BCUT2D eigenvalue weighted by Gasteiger charge is -2.21. The van der Waals surface area contributed by atoms with Gasteiger partial charge in [0.1, 0.15) is 0 Å². The summed E-state index contributed by atoms with van der Waals surface area (Å²) in [5, 5.41) is 0.982. The molecule has 2 aromatic rings. The maximum Gasteiger partial charge on any atom is 0.0862 e. The molecule has 88 valence electrons. The standard InChI is InChI=1S/C15H17NS/c16-15-10-13-7-6-12(9-14(13)17-15)8-11-4-2-1-3-5-11/h1-5,10,12H,6-9,16H2. The molecule has 0 amide bonds. The number of hydrogen-bond acceptors (Lipinski definition) is 2. The summed E-state index contributed by atoms with van der Waals surface area (Å²) in [7, 11) is 0. The smallest absolute Gasteiger partial charge is 0.0862 e. The van der Waals surface area contributed by atoms with Crippen molar-refractivity contribution in [3.05, 3.63) is 52.4 Å². The predicted octanol–water partition coefficient (Wildman–Crippen LogP) is 3.68. The minimum absolute atomic E-state index is 0.794. The van der Waals surface area contributed by atoms with Crippen LogP contribution >= 0.6 is 11.3 Å². The Morgan fingerprint density at radius 2 is 2.06 bits per heavy atom. The van der Waals surface area contributed by atoms with E-state index < -0.39 is 0 Å². The van der Waals surface area contributed by atoms with Gasteiger partial charge >= 0.3 is 0 Å². The number of anilines is 1. The average molecular weight is 243 g/mol. The summed E-state index contributed by atoms with van der Waals surface area (Å²) in [6.45, 7) is 0. The van der Waals surface area contributed by atoms with E-state index in [4.69, 9.17) is 5.73 Å². The van der Waals surface area contributed by atoms with Crippen molar-refractivity contribution >= 4 is 16.3 Å². The van der Waals surface area contributed by atoms with Gasteiger partial charge in [-0.2, -0.15) is 0 Å². The molecule has 2 heteroatoms. The molecule has 0 radical (unpaired) electrons. The molecule has 0 aliphatic heterocycles. The molecule has 0 bridgehead atoms. The summed E-state index contributed by atoms with van der Waals surface area (Å²) >= 11 is 1.78. The van der Waals surface area contributed by atoms with E-state index in [0.29, 0.717) is 0 Å². The Bertz CT molecular complexity index is 501. The lowest BCUT2D eigenvalue weighted by molar-refractivity contribution is 0.461. The van der Waals surface area contributed by atoms with Gasteiger partial charge in [-0.05, 0) is 48.8 Å². The third-order valence-electron chi connectivity index (χ3n) is 3.58. The van der Waals surface area contributed by atoms with Crippen molar-refractivity contribution in [1.82, 2.24) is 0 Å². The number of rotatable bonds is 2. The molecule has 1 heterocycles. The molecule has 1 atom stereocenters. The summed E-state index contributed by atoms with van der Waals surface area (Å²) in [4.78, 5) is 1.52. The predicted molar refractivity (Wildman–Crippen MR) is 74.4 cm³/mol. The second-order valence-electron chi connectivity index (χ2n) is 4.90. The number of benzene rings is 1. The van der Waals surface area contributed by atoms with E-state index in [-0.39, 0.29) is 0 Å². The molecule has 0 saturated carbocycles. The number of hydrogen-bond donors (Lipinski definition) is 1. The number of fused-ring (bicyclic) bond motifs is 1. The van der Waals surface area contributed by atoms with E-state index in [9.17, 15) is 0 Å². The van der Waals surface area contributed by atoms with Crippen LogP contribution in [0.3, 0.4) is 0 Å². The van der Waals surface area contributed by atoms with Crippen molar-refractivity contribution in [3.8, 4) is 0 Å². The first-order valence-electron chi connectivity index (χ1n) is 6.22. The zero-order valence-electron chi connectivity index (χ0n) is 9.86. The van der Waals surface area contributed by atoms with Gasteiger partial charge in [0.15, 0.2) is 0 Å². The molecule has 0 fully saturated rings. The van der Waals surface area contributed by atoms with E-state index in [1.165, 1.54) is 41.7 Å². The summed E-state index contributed by atoms with van der Waals surface area (Å²) in [5.74, 6) is 0.794. The highest BCUT2D eigenvalue weighted by molar-refractivity contribution is 7.16. The van der Waals surface area contributed by atoms with Crippen LogP contribution in [0.2, 0.25) is 0 Å². The summed E-state index contributed by atoms with van der Waals surface area (Å²) in [6, 6.07) is 13.0. The third kappa shape index (κ3) is 2.37. The summed E-state index contributed by atoms with van der Waals surface area (Å²) in [6.07, 6.45) is 4.93. The fourth-order valence-corrected chi connectivity index (χ4v) is 3.82. The highest BCUT2D eigenvalue weighted by Crippen LogP contribution is 2.34. The minimum Gasteiger partial charge on any atom is -0.391 e. The number of aryl methyl sites for hydroxylation is 1. The number of thiophene rings is 1. The SMILES string of the molecule is Nc1cc2c(s1)CC(Cc1ccccc1)CC2. The Balaban J connectivity index is 1.72. The Morgan fingerprint density at radius 1 is 1.24 bits per heavy atom. The Morgan fingerprint density at radius 3 is 2.88 bits per heavy atom. The van der Waals surface area contributed by atoms with E-state index in [1.807, 2.05) is 0 Å². The van der Waals surface area contributed by atoms with Gasteiger partial charge in [0.25, 0.3) is 0 Å². The van der Waals surface area contributed by atoms with Gasteiger partial charge in [-0.25, -0.2) is 0 Å². The van der Waals surface area contributed by atoms with Crippen molar-refractivity contribution in [2.75, 3.05) is 5.73 Å².